The predicted octanol–water partition coefficient (Wildman–Crippen LogP) is 7.76. The maximum absolute atomic E-state index is 5.50. The third-order valence-corrected chi connectivity index (χ3v) is 7.37. The van der Waals surface area contributed by atoms with Crippen molar-refractivity contribution < 1.29 is 9.47 Å². The van der Waals surface area contributed by atoms with Crippen molar-refractivity contribution in [3.05, 3.63) is 103 Å². The van der Waals surface area contributed by atoms with Gasteiger partial charge in [-0.1, -0.05) is 66.4 Å². The molecular formula is C31H24N4O2S. The van der Waals surface area contributed by atoms with Crippen LogP contribution in [-0.2, 0) is 0 Å². The minimum absolute atomic E-state index is 0.664. The lowest BCUT2D eigenvalue weighted by Crippen LogP contribution is -1.99. The molecule has 1 N–H and O–H groups in total. The van der Waals surface area contributed by atoms with Gasteiger partial charge in [-0.2, -0.15) is 0 Å². The highest BCUT2D eigenvalue weighted by Crippen LogP contribution is 2.39. The van der Waals surface area contributed by atoms with E-state index < -0.39 is 0 Å². The number of fused-ring (bicyclic) bond motifs is 2. The largest absolute Gasteiger partial charge is 0.493 e. The zero-order valence-electron chi connectivity index (χ0n) is 20.9. The summed E-state index contributed by atoms with van der Waals surface area (Å²) in [6, 6.07) is 32.5. The molecule has 6 aromatic rings. The Bertz CT molecular complexity index is 1740. The zero-order chi connectivity index (χ0) is 25.9. The number of anilines is 2. The zero-order valence-corrected chi connectivity index (χ0v) is 21.7. The van der Waals surface area contributed by atoms with Gasteiger partial charge in [0.25, 0.3) is 0 Å². The van der Waals surface area contributed by atoms with Gasteiger partial charge in [0.1, 0.15) is 5.69 Å². The molecule has 0 aliphatic rings. The summed E-state index contributed by atoms with van der Waals surface area (Å²) in [5.41, 5.74) is 3.71. The van der Waals surface area contributed by atoms with Gasteiger partial charge in [0.05, 0.1) is 19.7 Å². The minimum Gasteiger partial charge on any atom is -0.493 e. The topological polar surface area (TPSA) is 69.2 Å². The lowest BCUT2D eigenvalue weighted by molar-refractivity contribution is 0.355. The van der Waals surface area contributed by atoms with Gasteiger partial charge >= 0.3 is 0 Å². The Kier molecular flexibility index (Phi) is 6.50. The first-order valence-electron chi connectivity index (χ1n) is 12.1. The minimum atomic E-state index is 0.664. The van der Waals surface area contributed by atoms with Gasteiger partial charge in [0.2, 0.25) is 0 Å². The van der Waals surface area contributed by atoms with Gasteiger partial charge in [-0.3, -0.25) is 4.98 Å². The van der Waals surface area contributed by atoms with Crippen LogP contribution in [0.25, 0.3) is 32.9 Å². The molecule has 2 aromatic heterocycles. The summed E-state index contributed by atoms with van der Waals surface area (Å²) < 4.78 is 10.9. The molecular weight excluding hydrogens is 492 g/mol. The van der Waals surface area contributed by atoms with E-state index in [9.17, 15) is 0 Å². The molecule has 0 aliphatic carbocycles. The normalized spacial score (nSPS) is 11.0. The van der Waals surface area contributed by atoms with Crippen LogP contribution in [-0.4, -0.2) is 29.4 Å². The van der Waals surface area contributed by atoms with E-state index >= 15 is 0 Å². The van der Waals surface area contributed by atoms with Crippen molar-refractivity contribution in [2.24, 2.45) is 0 Å². The van der Waals surface area contributed by atoms with E-state index in [0.717, 1.165) is 54.2 Å². The number of ether oxygens (including phenoxy) is 2. The molecule has 0 saturated heterocycles. The van der Waals surface area contributed by atoms with Crippen molar-refractivity contribution in [1.29, 1.82) is 0 Å². The van der Waals surface area contributed by atoms with E-state index in [0.29, 0.717) is 11.5 Å². The van der Waals surface area contributed by atoms with Gasteiger partial charge in [-0.05, 0) is 36.4 Å². The Balaban J connectivity index is 1.27. The van der Waals surface area contributed by atoms with Crippen LogP contribution in [0, 0.1) is 0 Å². The van der Waals surface area contributed by atoms with Crippen LogP contribution in [0.3, 0.4) is 0 Å². The number of pyridine rings is 1. The lowest BCUT2D eigenvalue weighted by atomic mass is 10.0. The maximum Gasteiger partial charge on any atom is 0.162 e. The molecule has 0 spiro atoms. The van der Waals surface area contributed by atoms with Gasteiger partial charge in [-0.15, -0.1) is 10.2 Å². The van der Waals surface area contributed by atoms with Crippen molar-refractivity contribution in [2.45, 2.75) is 9.79 Å². The summed E-state index contributed by atoms with van der Waals surface area (Å²) in [4.78, 5) is 6.70. The fourth-order valence-corrected chi connectivity index (χ4v) is 5.34. The van der Waals surface area contributed by atoms with Gasteiger partial charge in [-0.25, -0.2) is 0 Å². The third kappa shape index (κ3) is 4.60. The van der Waals surface area contributed by atoms with E-state index in [4.69, 9.17) is 9.47 Å². The first-order valence-corrected chi connectivity index (χ1v) is 12.9. The molecule has 0 unspecified atom stereocenters. The molecule has 2 heterocycles. The number of nitrogens with zero attached hydrogens (tertiary/aromatic N) is 3. The molecule has 0 radical (unpaired) electrons. The number of benzene rings is 4. The van der Waals surface area contributed by atoms with Crippen LogP contribution in [0.1, 0.15) is 0 Å². The molecule has 6 nitrogen and oxygen atoms in total. The van der Waals surface area contributed by atoms with Gasteiger partial charge in [0.15, 0.2) is 17.3 Å². The molecule has 0 atom stereocenters. The average Bonchev–Trinajstić information content (AvgIpc) is 2.98. The Morgan fingerprint density at radius 2 is 1.39 bits per heavy atom. The highest BCUT2D eigenvalue weighted by atomic mass is 32.2. The van der Waals surface area contributed by atoms with Crippen molar-refractivity contribution in [3.8, 4) is 22.8 Å². The standard InChI is InChI=1S/C31H24N4O2S/c1-36-27-18-25-26(19-28(27)37-2)32-17-16-29(25)38-22-14-12-21(13-15-22)33-31-24-11-7-6-10-23(24)30(34-35-31)20-8-4-3-5-9-20/h3-19H,1-2H3,(H,33,35). The summed E-state index contributed by atoms with van der Waals surface area (Å²) in [7, 11) is 3.27. The molecule has 38 heavy (non-hydrogen) atoms. The van der Waals surface area contributed by atoms with Gasteiger partial charge in [0, 0.05) is 49.5 Å². The van der Waals surface area contributed by atoms with E-state index in [1.807, 2.05) is 54.7 Å². The molecule has 0 fully saturated rings. The van der Waals surface area contributed by atoms with Crippen LogP contribution < -0.4 is 14.8 Å². The predicted molar refractivity (Wildman–Crippen MR) is 154 cm³/mol. The third-order valence-electron chi connectivity index (χ3n) is 6.29. The molecule has 6 rings (SSSR count). The van der Waals surface area contributed by atoms with E-state index in [1.165, 1.54) is 0 Å². The Labute approximate surface area is 224 Å². The molecule has 0 saturated carbocycles. The summed E-state index contributed by atoms with van der Waals surface area (Å²) in [5.74, 6) is 2.07. The summed E-state index contributed by atoms with van der Waals surface area (Å²) in [6.07, 6.45) is 1.81. The Hall–Kier alpha value is -4.62. The van der Waals surface area contributed by atoms with Crippen LogP contribution in [0.2, 0.25) is 0 Å². The van der Waals surface area contributed by atoms with Crippen LogP contribution in [0.4, 0.5) is 11.5 Å². The smallest absolute Gasteiger partial charge is 0.162 e. The van der Waals surface area contributed by atoms with Crippen molar-refractivity contribution in [2.75, 3.05) is 19.5 Å². The highest BCUT2D eigenvalue weighted by Gasteiger charge is 2.13. The SMILES string of the molecule is COc1cc2nccc(Sc3ccc(Nc4nnc(-c5ccccc5)c5ccccc45)cc3)c2cc1OC. The van der Waals surface area contributed by atoms with Crippen molar-refractivity contribution >= 4 is 44.9 Å². The Morgan fingerprint density at radius 1 is 0.684 bits per heavy atom. The summed E-state index contributed by atoms with van der Waals surface area (Å²) >= 11 is 1.67. The quantitative estimate of drug-likeness (QED) is 0.233. The fourth-order valence-electron chi connectivity index (χ4n) is 4.41. The van der Waals surface area contributed by atoms with Gasteiger partial charge < -0.3 is 14.8 Å². The van der Waals surface area contributed by atoms with E-state index in [2.05, 4.69) is 69.0 Å². The van der Waals surface area contributed by atoms with Crippen LogP contribution in [0.5, 0.6) is 11.5 Å². The van der Waals surface area contributed by atoms with Crippen LogP contribution >= 0.6 is 11.8 Å². The molecule has 0 amide bonds. The summed E-state index contributed by atoms with van der Waals surface area (Å²) in [5, 5.41) is 15.6. The van der Waals surface area contributed by atoms with E-state index in [1.54, 1.807) is 26.0 Å². The number of methoxy groups -OCH3 is 2. The second-order valence-corrected chi connectivity index (χ2v) is 9.71. The number of rotatable bonds is 7. The number of hydrogen-bond donors (Lipinski definition) is 1. The van der Waals surface area contributed by atoms with Crippen molar-refractivity contribution in [1.82, 2.24) is 15.2 Å². The van der Waals surface area contributed by atoms with Crippen LogP contribution in [0.15, 0.2) is 113 Å². The average molecular weight is 517 g/mol. The van der Waals surface area contributed by atoms with Crippen molar-refractivity contribution in [3.63, 3.8) is 0 Å². The molecule has 0 aliphatic heterocycles. The second kappa shape index (κ2) is 10.4. The first kappa shape index (κ1) is 23.8. The number of aromatic nitrogens is 3. The Morgan fingerprint density at radius 3 is 2.16 bits per heavy atom. The molecule has 186 valence electrons. The molecule has 0 bridgehead atoms. The number of hydrogen-bond acceptors (Lipinski definition) is 7. The number of nitrogens with one attached hydrogen (secondary N) is 1. The fraction of sp³-hybridized carbons (Fsp3) is 0.0645. The second-order valence-electron chi connectivity index (χ2n) is 8.59. The highest BCUT2D eigenvalue weighted by molar-refractivity contribution is 7.99. The lowest BCUT2D eigenvalue weighted by Gasteiger charge is -2.12. The summed E-state index contributed by atoms with van der Waals surface area (Å²) in [6.45, 7) is 0. The maximum atomic E-state index is 5.50. The monoisotopic (exact) mass is 516 g/mol. The molecule has 7 heteroatoms. The molecule has 4 aromatic carbocycles. The first-order chi connectivity index (χ1) is 18.7. The van der Waals surface area contributed by atoms with E-state index in [-0.39, 0.29) is 0 Å².